The third kappa shape index (κ3) is 2.88. The van der Waals surface area contributed by atoms with Crippen molar-refractivity contribution in [3.8, 4) is 5.75 Å². The van der Waals surface area contributed by atoms with E-state index in [0.717, 1.165) is 29.7 Å². The van der Waals surface area contributed by atoms with Crippen molar-refractivity contribution < 1.29 is 13.9 Å². The average Bonchev–Trinajstić information content (AvgIpc) is 3.50. The van der Waals surface area contributed by atoms with Crippen LogP contribution in [0.3, 0.4) is 0 Å². The summed E-state index contributed by atoms with van der Waals surface area (Å²) in [5.74, 6) is 1.37. The fourth-order valence-corrected chi connectivity index (χ4v) is 3.52. The smallest absolute Gasteiger partial charge is 0.223 e. The lowest BCUT2D eigenvalue weighted by Gasteiger charge is -2.08. The van der Waals surface area contributed by atoms with Crippen LogP contribution in [-0.2, 0) is 4.79 Å². The minimum absolute atomic E-state index is 0.0377. The minimum Gasteiger partial charge on any atom is -0.496 e. The second kappa shape index (κ2) is 5.93. The van der Waals surface area contributed by atoms with Crippen molar-refractivity contribution in [2.45, 2.75) is 30.7 Å². The van der Waals surface area contributed by atoms with Crippen molar-refractivity contribution in [3.05, 3.63) is 65.5 Å². The number of carbonyl (C=O) groups excluding carboxylic acids is 1. The zero-order chi connectivity index (χ0) is 16.7. The molecule has 0 saturated heterocycles. The van der Waals surface area contributed by atoms with Crippen LogP contribution < -0.4 is 10.1 Å². The van der Waals surface area contributed by atoms with E-state index in [1.54, 1.807) is 19.2 Å². The molecule has 2 aliphatic rings. The predicted octanol–water partition coefficient (Wildman–Crippen LogP) is 3.61. The Morgan fingerprint density at radius 2 is 1.83 bits per heavy atom. The number of amides is 1. The maximum Gasteiger partial charge on any atom is 0.223 e. The topological polar surface area (TPSA) is 38.3 Å². The van der Waals surface area contributed by atoms with Gasteiger partial charge < -0.3 is 10.1 Å². The monoisotopic (exact) mass is 325 g/mol. The SMILES string of the molecule is COc1ccccc1[C@@H]1C[C@@H]1C(=O)N[C@H]1C[C@@H]1c1ccc(F)cc1. The van der Waals surface area contributed by atoms with E-state index < -0.39 is 0 Å². The molecule has 124 valence electrons. The van der Waals surface area contributed by atoms with Gasteiger partial charge in [-0.05, 0) is 48.1 Å². The Balaban J connectivity index is 1.35. The number of rotatable bonds is 5. The summed E-state index contributed by atoms with van der Waals surface area (Å²) in [6.45, 7) is 0. The number of halogens is 1. The predicted molar refractivity (Wildman–Crippen MR) is 89.5 cm³/mol. The summed E-state index contributed by atoms with van der Waals surface area (Å²) < 4.78 is 18.4. The minimum atomic E-state index is -0.224. The van der Waals surface area contributed by atoms with Crippen LogP contribution in [0.15, 0.2) is 48.5 Å². The molecule has 2 aliphatic carbocycles. The van der Waals surface area contributed by atoms with Crippen molar-refractivity contribution in [2.24, 2.45) is 5.92 Å². The Morgan fingerprint density at radius 3 is 2.58 bits per heavy atom. The van der Waals surface area contributed by atoms with Crippen LogP contribution in [0.1, 0.15) is 35.8 Å². The standard InChI is InChI=1S/C20H20FNO2/c1-24-19-5-3-2-4-14(19)16-10-17(16)20(23)22-18-11-15(18)12-6-8-13(21)9-7-12/h2-9,15-18H,10-11H2,1H3,(H,22,23)/t15-,16+,17+,18+/m1/s1. The fourth-order valence-electron chi connectivity index (χ4n) is 3.52. The number of hydrogen-bond acceptors (Lipinski definition) is 2. The molecule has 4 heteroatoms. The Kier molecular flexibility index (Phi) is 3.75. The fraction of sp³-hybridized carbons (Fsp3) is 0.350. The summed E-state index contributed by atoms with van der Waals surface area (Å²) in [5, 5.41) is 3.14. The lowest BCUT2D eigenvalue weighted by atomic mass is 10.1. The van der Waals surface area contributed by atoms with E-state index in [1.807, 2.05) is 24.3 Å². The molecule has 0 radical (unpaired) electrons. The van der Waals surface area contributed by atoms with Gasteiger partial charge in [0.25, 0.3) is 0 Å². The molecule has 0 aromatic heterocycles. The molecule has 2 aromatic rings. The van der Waals surface area contributed by atoms with E-state index in [-0.39, 0.29) is 29.6 Å². The molecule has 0 bridgehead atoms. The highest BCUT2D eigenvalue weighted by Crippen LogP contribution is 2.51. The van der Waals surface area contributed by atoms with Gasteiger partial charge in [-0.3, -0.25) is 4.79 Å². The van der Waals surface area contributed by atoms with Gasteiger partial charge in [-0.1, -0.05) is 30.3 Å². The highest BCUT2D eigenvalue weighted by Gasteiger charge is 2.48. The van der Waals surface area contributed by atoms with Gasteiger partial charge >= 0.3 is 0 Å². The molecule has 2 saturated carbocycles. The highest BCUT2D eigenvalue weighted by atomic mass is 19.1. The maximum absolute atomic E-state index is 13.0. The lowest BCUT2D eigenvalue weighted by molar-refractivity contribution is -0.122. The Hall–Kier alpha value is -2.36. The molecule has 1 amide bonds. The number of carbonyl (C=O) groups is 1. The van der Waals surface area contributed by atoms with Crippen molar-refractivity contribution >= 4 is 5.91 Å². The lowest BCUT2D eigenvalue weighted by Crippen LogP contribution is -2.28. The van der Waals surface area contributed by atoms with Gasteiger partial charge in [0.1, 0.15) is 11.6 Å². The van der Waals surface area contributed by atoms with Gasteiger partial charge in [0.2, 0.25) is 5.91 Å². The first-order valence-corrected chi connectivity index (χ1v) is 8.36. The quantitative estimate of drug-likeness (QED) is 0.912. The third-order valence-corrected chi connectivity index (χ3v) is 5.08. The number of benzene rings is 2. The molecule has 24 heavy (non-hydrogen) atoms. The van der Waals surface area contributed by atoms with Crippen LogP contribution in [0.25, 0.3) is 0 Å². The summed E-state index contributed by atoms with van der Waals surface area (Å²) in [5.41, 5.74) is 2.21. The van der Waals surface area contributed by atoms with Gasteiger partial charge in [0.05, 0.1) is 7.11 Å². The molecule has 1 N–H and O–H groups in total. The van der Waals surface area contributed by atoms with Gasteiger partial charge in [0.15, 0.2) is 0 Å². The van der Waals surface area contributed by atoms with E-state index in [0.29, 0.717) is 5.92 Å². The molecule has 2 aromatic carbocycles. The van der Waals surface area contributed by atoms with Crippen LogP contribution in [0.5, 0.6) is 5.75 Å². The van der Waals surface area contributed by atoms with Gasteiger partial charge in [-0.15, -0.1) is 0 Å². The largest absolute Gasteiger partial charge is 0.496 e. The van der Waals surface area contributed by atoms with E-state index in [1.165, 1.54) is 12.1 Å². The van der Waals surface area contributed by atoms with Crippen molar-refractivity contribution in [3.63, 3.8) is 0 Å². The molecular weight excluding hydrogens is 305 g/mol. The third-order valence-electron chi connectivity index (χ3n) is 5.08. The number of para-hydroxylation sites is 1. The molecular formula is C20H20FNO2. The molecule has 4 rings (SSSR count). The molecule has 4 atom stereocenters. The summed E-state index contributed by atoms with van der Waals surface area (Å²) in [6.07, 6.45) is 1.81. The maximum atomic E-state index is 13.0. The molecule has 2 fully saturated rings. The second-order valence-corrected chi connectivity index (χ2v) is 6.70. The molecule has 0 spiro atoms. The van der Waals surface area contributed by atoms with Crippen molar-refractivity contribution in [1.82, 2.24) is 5.32 Å². The van der Waals surface area contributed by atoms with E-state index >= 15 is 0 Å². The van der Waals surface area contributed by atoms with E-state index in [2.05, 4.69) is 5.32 Å². The van der Waals surface area contributed by atoms with Crippen LogP contribution in [-0.4, -0.2) is 19.1 Å². The second-order valence-electron chi connectivity index (χ2n) is 6.70. The number of hydrogen-bond donors (Lipinski definition) is 1. The molecule has 0 unspecified atom stereocenters. The summed E-state index contributed by atoms with van der Waals surface area (Å²) in [4.78, 5) is 12.5. The van der Waals surface area contributed by atoms with Gasteiger partial charge in [0, 0.05) is 17.9 Å². The number of methoxy groups -OCH3 is 1. The van der Waals surface area contributed by atoms with Gasteiger partial charge in [-0.25, -0.2) is 4.39 Å². The molecule has 0 heterocycles. The first kappa shape index (κ1) is 15.2. The zero-order valence-electron chi connectivity index (χ0n) is 13.5. The summed E-state index contributed by atoms with van der Waals surface area (Å²) in [7, 11) is 1.66. The summed E-state index contributed by atoms with van der Waals surface area (Å²) in [6, 6.07) is 14.6. The van der Waals surface area contributed by atoms with Crippen LogP contribution >= 0.6 is 0 Å². The average molecular weight is 325 g/mol. The Morgan fingerprint density at radius 1 is 1.08 bits per heavy atom. The van der Waals surface area contributed by atoms with Crippen LogP contribution in [0.2, 0.25) is 0 Å². The van der Waals surface area contributed by atoms with Gasteiger partial charge in [-0.2, -0.15) is 0 Å². The highest BCUT2D eigenvalue weighted by molar-refractivity contribution is 5.84. The number of ether oxygens (including phenoxy) is 1. The molecule has 0 aliphatic heterocycles. The van der Waals surface area contributed by atoms with E-state index in [9.17, 15) is 9.18 Å². The summed E-state index contributed by atoms with van der Waals surface area (Å²) >= 11 is 0. The van der Waals surface area contributed by atoms with Crippen molar-refractivity contribution in [1.29, 1.82) is 0 Å². The normalized spacial score (nSPS) is 27.4. The Labute approximate surface area is 140 Å². The zero-order valence-corrected chi connectivity index (χ0v) is 13.5. The first-order chi connectivity index (χ1) is 11.7. The van der Waals surface area contributed by atoms with Crippen molar-refractivity contribution in [2.75, 3.05) is 7.11 Å². The van der Waals surface area contributed by atoms with Crippen LogP contribution in [0.4, 0.5) is 4.39 Å². The number of nitrogens with one attached hydrogen (secondary N) is 1. The molecule has 3 nitrogen and oxygen atoms in total. The van der Waals surface area contributed by atoms with Crippen LogP contribution in [0, 0.1) is 11.7 Å². The Bertz CT molecular complexity index is 758. The first-order valence-electron chi connectivity index (χ1n) is 8.36. The van der Waals surface area contributed by atoms with E-state index in [4.69, 9.17) is 4.74 Å².